The summed E-state index contributed by atoms with van der Waals surface area (Å²) in [5.74, 6) is -0.00365. The van der Waals surface area contributed by atoms with Gasteiger partial charge in [-0.1, -0.05) is 42.0 Å². The maximum atomic E-state index is 12.0. The molecule has 0 heterocycles. The van der Waals surface area contributed by atoms with Crippen LogP contribution in [0.1, 0.15) is 43.7 Å². The predicted molar refractivity (Wildman–Crippen MR) is 75.6 cm³/mol. The summed E-state index contributed by atoms with van der Waals surface area (Å²) in [6.07, 6.45) is 7.17. The molecule has 1 aromatic carbocycles. The summed E-state index contributed by atoms with van der Waals surface area (Å²) in [5, 5.41) is 12.3. The molecule has 0 aliphatic heterocycles. The number of aliphatic hydroxyl groups excluding tert-OH is 1. The molecule has 1 atom stereocenters. The molecule has 0 saturated carbocycles. The molecule has 0 spiro atoms. The fraction of sp³-hybridized carbons (Fsp3) is 0.438. The topological polar surface area (TPSA) is 49.3 Å². The van der Waals surface area contributed by atoms with Gasteiger partial charge in [-0.05, 0) is 31.2 Å². The van der Waals surface area contributed by atoms with Crippen LogP contribution in [0, 0.1) is 0 Å². The van der Waals surface area contributed by atoms with Crippen LogP contribution >= 0.6 is 0 Å². The minimum absolute atomic E-state index is 0.00365. The van der Waals surface area contributed by atoms with Gasteiger partial charge < -0.3 is 10.4 Å². The maximum absolute atomic E-state index is 12.0. The van der Waals surface area contributed by atoms with E-state index >= 15 is 0 Å². The molecule has 1 unspecified atom stereocenters. The first kappa shape index (κ1) is 13.8. The monoisotopic (exact) mass is 259 g/mol. The Morgan fingerprint density at radius 3 is 2.68 bits per heavy atom. The van der Waals surface area contributed by atoms with Crippen LogP contribution in [0.4, 0.5) is 0 Å². The van der Waals surface area contributed by atoms with E-state index in [1.807, 2.05) is 30.3 Å². The number of rotatable bonds is 5. The van der Waals surface area contributed by atoms with E-state index in [4.69, 9.17) is 0 Å². The average molecular weight is 259 g/mol. The second-order valence-corrected chi connectivity index (χ2v) is 5.00. The number of carbonyl (C=O) groups is 1. The molecular formula is C16H21NO2. The number of hydrogen-bond acceptors (Lipinski definition) is 2. The van der Waals surface area contributed by atoms with Crippen molar-refractivity contribution in [2.45, 2.75) is 38.1 Å². The molecule has 0 fully saturated rings. The molecule has 2 N–H and O–H groups in total. The average Bonchev–Trinajstić information content (AvgIpc) is 2.47. The summed E-state index contributed by atoms with van der Waals surface area (Å²) in [4.78, 5) is 12.0. The molecule has 1 aliphatic carbocycles. The van der Waals surface area contributed by atoms with E-state index in [0.717, 1.165) is 18.4 Å². The molecule has 102 valence electrons. The van der Waals surface area contributed by atoms with Crippen LogP contribution in [0.5, 0.6) is 0 Å². The first-order valence-electron chi connectivity index (χ1n) is 6.92. The Bertz CT molecular complexity index is 439. The summed E-state index contributed by atoms with van der Waals surface area (Å²) in [5.41, 5.74) is 2.17. The zero-order valence-electron chi connectivity index (χ0n) is 11.1. The van der Waals surface area contributed by atoms with Gasteiger partial charge in [0.25, 0.3) is 0 Å². The Hall–Kier alpha value is -1.61. The zero-order chi connectivity index (χ0) is 13.5. The van der Waals surface area contributed by atoms with Crippen molar-refractivity contribution >= 4 is 5.91 Å². The van der Waals surface area contributed by atoms with E-state index in [2.05, 4.69) is 11.4 Å². The second kappa shape index (κ2) is 7.10. The lowest BCUT2D eigenvalue weighted by Crippen LogP contribution is -2.31. The predicted octanol–water partition coefficient (Wildman–Crippen LogP) is 2.73. The van der Waals surface area contributed by atoms with Crippen LogP contribution in [0.3, 0.4) is 0 Å². The standard InChI is InChI=1S/C16H21NO2/c18-12-15(14-9-5-2-6-10-14)17-16(19)11-13-7-3-1-4-8-13/h2,5-7,9-10,15,18H,1,3-4,8,11-12H2,(H,17,19). The van der Waals surface area contributed by atoms with E-state index in [-0.39, 0.29) is 18.6 Å². The highest BCUT2D eigenvalue weighted by Crippen LogP contribution is 2.20. The number of allylic oxidation sites excluding steroid dienone is 1. The van der Waals surface area contributed by atoms with Gasteiger partial charge in [-0.15, -0.1) is 0 Å². The number of aliphatic hydroxyl groups is 1. The van der Waals surface area contributed by atoms with Crippen molar-refractivity contribution in [2.24, 2.45) is 0 Å². The van der Waals surface area contributed by atoms with Gasteiger partial charge >= 0.3 is 0 Å². The summed E-state index contributed by atoms with van der Waals surface area (Å²) >= 11 is 0. The van der Waals surface area contributed by atoms with Crippen molar-refractivity contribution in [3.63, 3.8) is 0 Å². The van der Waals surface area contributed by atoms with Crippen LogP contribution in [0.15, 0.2) is 42.0 Å². The third-order valence-corrected chi connectivity index (χ3v) is 3.49. The van der Waals surface area contributed by atoms with E-state index < -0.39 is 0 Å². The molecule has 19 heavy (non-hydrogen) atoms. The van der Waals surface area contributed by atoms with Crippen molar-refractivity contribution < 1.29 is 9.90 Å². The van der Waals surface area contributed by atoms with Gasteiger partial charge in [-0.25, -0.2) is 0 Å². The highest BCUT2D eigenvalue weighted by molar-refractivity contribution is 5.79. The highest BCUT2D eigenvalue weighted by atomic mass is 16.3. The Labute approximate surface area is 114 Å². The Balaban J connectivity index is 1.91. The number of amides is 1. The van der Waals surface area contributed by atoms with Gasteiger partial charge in [0.2, 0.25) is 5.91 Å². The molecule has 2 rings (SSSR count). The fourth-order valence-corrected chi connectivity index (χ4v) is 2.44. The molecule has 0 bridgehead atoms. The number of nitrogens with one attached hydrogen (secondary N) is 1. The van der Waals surface area contributed by atoms with Crippen molar-refractivity contribution in [3.05, 3.63) is 47.5 Å². The van der Waals surface area contributed by atoms with Crippen LogP contribution in [0.25, 0.3) is 0 Å². The van der Waals surface area contributed by atoms with E-state index in [9.17, 15) is 9.90 Å². The second-order valence-electron chi connectivity index (χ2n) is 5.00. The van der Waals surface area contributed by atoms with Gasteiger partial charge in [0.15, 0.2) is 0 Å². The first-order chi connectivity index (χ1) is 9.29. The van der Waals surface area contributed by atoms with E-state index in [1.165, 1.54) is 18.4 Å². The molecule has 0 aromatic heterocycles. The SMILES string of the molecule is O=C(CC1=CCCCC1)NC(CO)c1ccccc1. The quantitative estimate of drug-likeness (QED) is 0.799. The summed E-state index contributed by atoms with van der Waals surface area (Å²) < 4.78 is 0. The smallest absolute Gasteiger partial charge is 0.224 e. The van der Waals surface area contributed by atoms with Crippen molar-refractivity contribution in [1.82, 2.24) is 5.32 Å². The maximum Gasteiger partial charge on any atom is 0.224 e. The molecule has 1 aliphatic rings. The zero-order valence-corrected chi connectivity index (χ0v) is 11.1. The lowest BCUT2D eigenvalue weighted by molar-refractivity contribution is -0.121. The summed E-state index contributed by atoms with van der Waals surface area (Å²) in [6.45, 7) is -0.0746. The molecule has 3 heteroatoms. The molecule has 3 nitrogen and oxygen atoms in total. The molecular weight excluding hydrogens is 238 g/mol. The lowest BCUT2D eigenvalue weighted by Gasteiger charge is -2.18. The first-order valence-corrected chi connectivity index (χ1v) is 6.92. The van der Waals surface area contributed by atoms with Crippen LogP contribution in [-0.2, 0) is 4.79 Å². The largest absolute Gasteiger partial charge is 0.394 e. The number of hydrogen-bond donors (Lipinski definition) is 2. The third-order valence-electron chi connectivity index (χ3n) is 3.49. The van der Waals surface area contributed by atoms with Crippen LogP contribution in [-0.4, -0.2) is 17.6 Å². The van der Waals surface area contributed by atoms with Crippen LogP contribution in [0.2, 0.25) is 0 Å². The van der Waals surface area contributed by atoms with E-state index in [0.29, 0.717) is 6.42 Å². The Morgan fingerprint density at radius 2 is 2.05 bits per heavy atom. The van der Waals surface area contributed by atoms with Crippen molar-refractivity contribution in [1.29, 1.82) is 0 Å². The minimum atomic E-state index is -0.308. The lowest BCUT2D eigenvalue weighted by atomic mass is 9.97. The Morgan fingerprint density at radius 1 is 1.26 bits per heavy atom. The molecule has 0 saturated heterocycles. The number of benzene rings is 1. The highest BCUT2D eigenvalue weighted by Gasteiger charge is 2.15. The summed E-state index contributed by atoms with van der Waals surface area (Å²) in [6, 6.07) is 9.27. The Kier molecular flexibility index (Phi) is 5.16. The van der Waals surface area contributed by atoms with Gasteiger partial charge in [0, 0.05) is 6.42 Å². The number of carbonyl (C=O) groups excluding carboxylic acids is 1. The van der Waals surface area contributed by atoms with Gasteiger partial charge in [-0.3, -0.25) is 4.79 Å². The van der Waals surface area contributed by atoms with Crippen LogP contribution < -0.4 is 5.32 Å². The molecule has 0 radical (unpaired) electrons. The fourth-order valence-electron chi connectivity index (χ4n) is 2.44. The van der Waals surface area contributed by atoms with Gasteiger partial charge in [0.05, 0.1) is 12.6 Å². The summed E-state index contributed by atoms with van der Waals surface area (Å²) in [7, 11) is 0. The minimum Gasteiger partial charge on any atom is -0.394 e. The van der Waals surface area contributed by atoms with Gasteiger partial charge in [-0.2, -0.15) is 0 Å². The van der Waals surface area contributed by atoms with Crippen molar-refractivity contribution in [3.8, 4) is 0 Å². The molecule has 1 amide bonds. The van der Waals surface area contributed by atoms with Gasteiger partial charge in [0.1, 0.15) is 0 Å². The molecule has 1 aromatic rings. The van der Waals surface area contributed by atoms with Crippen molar-refractivity contribution in [2.75, 3.05) is 6.61 Å². The third kappa shape index (κ3) is 4.21. The van der Waals surface area contributed by atoms with E-state index in [1.54, 1.807) is 0 Å². The normalized spacial score (nSPS) is 16.6.